The highest BCUT2D eigenvalue weighted by atomic mass is 16.5. The summed E-state index contributed by atoms with van der Waals surface area (Å²) in [6.07, 6.45) is 1.54. The second-order valence-corrected chi connectivity index (χ2v) is 10.5. The summed E-state index contributed by atoms with van der Waals surface area (Å²) >= 11 is 0. The minimum Gasteiger partial charge on any atom is -0.491 e. The number of nitrogens with zero attached hydrogens (tertiary/aromatic N) is 3. The molecule has 1 saturated heterocycles. The smallest absolute Gasteiger partial charge is 0.257 e. The van der Waals surface area contributed by atoms with Crippen LogP contribution in [0.15, 0.2) is 18.2 Å². The summed E-state index contributed by atoms with van der Waals surface area (Å²) in [7, 11) is 3.37. The number of amides is 3. The minimum atomic E-state index is -0.263. The van der Waals surface area contributed by atoms with Gasteiger partial charge in [0.15, 0.2) is 0 Å². The quantitative estimate of drug-likeness (QED) is 0.636. The average Bonchev–Trinajstić information content (AvgIpc) is 3.74. The summed E-state index contributed by atoms with van der Waals surface area (Å²) in [6, 6.07) is 4.93. The highest BCUT2D eigenvalue weighted by molar-refractivity contribution is 6.00. The summed E-state index contributed by atoms with van der Waals surface area (Å²) in [5.74, 6) is 0.281. The van der Waals surface area contributed by atoms with Crippen LogP contribution in [0.1, 0.15) is 37.0 Å². The molecule has 1 N–H and O–H groups in total. The fourth-order valence-electron chi connectivity index (χ4n) is 4.83. The maximum atomic E-state index is 13.5. The normalized spacial score (nSPS) is 25.9. The Morgan fingerprint density at radius 3 is 2.54 bits per heavy atom. The third kappa shape index (κ3) is 7.00. The second kappa shape index (κ2) is 12.2. The van der Waals surface area contributed by atoms with E-state index in [1.54, 1.807) is 37.3 Å². The van der Waals surface area contributed by atoms with Gasteiger partial charge < -0.3 is 29.3 Å². The number of carbonyl (C=O) groups excluding carboxylic acids is 3. The number of morpholine rings is 1. The van der Waals surface area contributed by atoms with E-state index in [0.717, 1.165) is 25.9 Å². The third-order valence-corrected chi connectivity index (χ3v) is 7.44. The first-order chi connectivity index (χ1) is 17.8. The van der Waals surface area contributed by atoms with Crippen molar-refractivity contribution >= 4 is 23.4 Å². The van der Waals surface area contributed by atoms with Crippen LogP contribution in [0.2, 0.25) is 0 Å². The number of hydrogen-bond acceptors (Lipinski definition) is 7. The number of carbonyl (C=O) groups is 3. The van der Waals surface area contributed by atoms with Gasteiger partial charge >= 0.3 is 0 Å². The molecule has 37 heavy (non-hydrogen) atoms. The Kier molecular flexibility index (Phi) is 9.04. The van der Waals surface area contributed by atoms with Gasteiger partial charge in [0.05, 0.1) is 37.5 Å². The predicted molar refractivity (Wildman–Crippen MR) is 139 cm³/mol. The molecule has 0 bridgehead atoms. The van der Waals surface area contributed by atoms with E-state index in [4.69, 9.17) is 14.2 Å². The number of rotatable bonds is 5. The average molecular weight is 517 g/mol. The standard InChI is InChI=1S/C27H40N4O6/c1-18-14-31(25(32)16-30-9-11-36-12-10-30)19(2)17-37-23-8-7-21(28-26(33)20-5-6-20)13-22(23)27(34)29(3)15-24(18)35-4/h7-8,13,18-20,24H,5-6,9-12,14-17H2,1-4H3,(H,28,33)/t18-,19+,24-/m1/s1. The molecule has 204 valence electrons. The van der Waals surface area contributed by atoms with E-state index < -0.39 is 0 Å². The van der Waals surface area contributed by atoms with Gasteiger partial charge in [0, 0.05) is 57.9 Å². The van der Waals surface area contributed by atoms with Crippen molar-refractivity contribution < 1.29 is 28.6 Å². The monoisotopic (exact) mass is 516 g/mol. The van der Waals surface area contributed by atoms with E-state index in [0.29, 0.717) is 49.8 Å². The van der Waals surface area contributed by atoms with E-state index in [9.17, 15) is 14.4 Å². The lowest BCUT2D eigenvalue weighted by Gasteiger charge is -2.37. The molecule has 2 fully saturated rings. The first-order valence-corrected chi connectivity index (χ1v) is 13.2. The molecular formula is C27H40N4O6. The molecule has 0 aromatic heterocycles. The van der Waals surface area contributed by atoms with Gasteiger partial charge in [0.25, 0.3) is 5.91 Å². The van der Waals surface area contributed by atoms with Gasteiger partial charge in [-0.2, -0.15) is 0 Å². The van der Waals surface area contributed by atoms with Gasteiger partial charge in [-0.15, -0.1) is 0 Å². The molecule has 3 aliphatic rings. The second-order valence-electron chi connectivity index (χ2n) is 10.5. The molecule has 2 aliphatic heterocycles. The van der Waals surface area contributed by atoms with Gasteiger partial charge in [-0.3, -0.25) is 19.3 Å². The van der Waals surface area contributed by atoms with Crippen LogP contribution >= 0.6 is 0 Å². The SMILES string of the molecule is CO[C@@H]1CN(C)C(=O)c2cc(NC(=O)C3CC3)ccc2OC[C@H](C)N(C(=O)CN2CCOCC2)C[C@H]1C. The van der Waals surface area contributed by atoms with Crippen molar-refractivity contribution in [2.24, 2.45) is 11.8 Å². The number of benzene rings is 1. The maximum absolute atomic E-state index is 13.5. The number of likely N-dealkylation sites (N-methyl/N-ethyl adjacent to an activating group) is 1. The van der Waals surface area contributed by atoms with E-state index in [2.05, 4.69) is 10.2 Å². The zero-order valence-electron chi connectivity index (χ0n) is 22.4. The lowest BCUT2D eigenvalue weighted by Crippen LogP contribution is -2.52. The summed E-state index contributed by atoms with van der Waals surface area (Å²) < 4.78 is 17.4. The number of ether oxygens (including phenoxy) is 3. The Balaban J connectivity index is 1.58. The summed E-state index contributed by atoms with van der Waals surface area (Å²) in [4.78, 5) is 44.8. The molecule has 0 unspecified atom stereocenters. The molecule has 3 amide bonds. The van der Waals surface area contributed by atoms with Crippen LogP contribution in [0, 0.1) is 11.8 Å². The van der Waals surface area contributed by atoms with Crippen molar-refractivity contribution in [3.8, 4) is 5.75 Å². The van der Waals surface area contributed by atoms with E-state index in [1.807, 2.05) is 18.7 Å². The fourth-order valence-corrected chi connectivity index (χ4v) is 4.83. The Labute approximate surface area is 219 Å². The number of anilines is 1. The molecule has 1 aromatic rings. The number of methoxy groups -OCH3 is 1. The van der Waals surface area contributed by atoms with Gasteiger partial charge in [-0.1, -0.05) is 6.92 Å². The number of nitrogens with one attached hydrogen (secondary N) is 1. The number of fused-ring (bicyclic) bond motifs is 1. The van der Waals surface area contributed by atoms with Gasteiger partial charge in [-0.05, 0) is 38.0 Å². The van der Waals surface area contributed by atoms with Crippen molar-refractivity contribution in [1.82, 2.24) is 14.7 Å². The van der Waals surface area contributed by atoms with Crippen LogP contribution in [-0.4, -0.2) is 111 Å². The molecule has 10 heteroatoms. The van der Waals surface area contributed by atoms with Gasteiger partial charge in [0.2, 0.25) is 11.8 Å². The largest absolute Gasteiger partial charge is 0.491 e. The molecule has 10 nitrogen and oxygen atoms in total. The molecule has 1 aromatic carbocycles. The van der Waals surface area contributed by atoms with Crippen LogP contribution in [-0.2, 0) is 19.1 Å². The third-order valence-electron chi connectivity index (χ3n) is 7.44. The van der Waals surface area contributed by atoms with E-state index >= 15 is 0 Å². The fraction of sp³-hybridized carbons (Fsp3) is 0.667. The molecule has 2 heterocycles. The maximum Gasteiger partial charge on any atom is 0.257 e. The Morgan fingerprint density at radius 1 is 1.14 bits per heavy atom. The van der Waals surface area contributed by atoms with Gasteiger partial charge in [-0.25, -0.2) is 0 Å². The van der Waals surface area contributed by atoms with Crippen LogP contribution < -0.4 is 10.1 Å². The topological polar surface area (TPSA) is 101 Å². The molecule has 1 saturated carbocycles. The lowest BCUT2D eigenvalue weighted by atomic mass is 10.0. The van der Waals surface area contributed by atoms with Crippen molar-refractivity contribution in [3.63, 3.8) is 0 Å². The van der Waals surface area contributed by atoms with Gasteiger partial charge in [0.1, 0.15) is 12.4 Å². The first kappa shape index (κ1) is 27.3. The molecule has 4 rings (SSSR count). The Bertz CT molecular complexity index is 978. The molecular weight excluding hydrogens is 476 g/mol. The van der Waals surface area contributed by atoms with Crippen LogP contribution in [0.25, 0.3) is 0 Å². The first-order valence-electron chi connectivity index (χ1n) is 13.2. The summed E-state index contributed by atoms with van der Waals surface area (Å²) in [5, 5.41) is 2.92. The zero-order chi connectivity index (χ0) is 26.5. The minimum absolute atomic E-state index is 0.0144. The van der Waals surface area contributed by atoms with Crippen molar-refractivity contribution in [2.45, 2.75) is 38.8 Å². The molecule has 3 atom stereocenters. The molecule has 1 aliphatic carbocycles. The zero-order valence-corrected chi connectivity index (χ0v) is 22.4. The number of hydrogen-bond donors (Lipinski definition) is 1. The summed E-state index contributed by atoms with van der Waals surface area (Å²) in [5.41, 5.74) is 0.942. The molecule has 0 spiro atoms. The van der Waals surface area contributed by atoms with Crippen LogP contribution in [0.3, 0.4) is 0 Å². The van der Waals surface area contributed by atoms with Crippen LogP contribution in [0.5, 0.6) is 5.75 Å². The van der Waals surface area contributed by atoms with Crippen molar-refractivity contribution in [3.05, 3.63) is 23.8 Å². The Morgan fingerprint density at radius 2 is 1.86 bits per heavy atom. The van der Waals surface area contributed by atoms with Crippen molar-refractivity contribution in [1.29, 1.82) is 0 Å². The highest BCUT2D eigenvalue weighted by Crippen LogP contribution is 2.31. The summed E-state index contributed by atoms with van der Waals surface area (Å²) in [6.45, 7) is 8.16. The highest BCUT2D eigenvalue weighted by Gasteiger charge is 2.32. The van der Waals surface area contributed by atoms with E-state index in [-0.39, 0.29) is 48.3 Å². The van der Waals surface area contributed by atoms with Crippen LogP contribution in [0.4, 0.5) is 5.69 Å². The van der Waals surface area contributed by atoms with E-state index in [1.165, 1.54) is 0 Å². The molecule has 0 radical (unpaired) electrons. The lowest BCUT2D eigenvalue weighted by molar-refractivity contribution is -0.137. The predicted octanol–water partition coefficient (Wildman–Crippen LogP) is 1.70. The Hall–Kier alpha value is -2.69. The van der Waals surface area contributed by atoms with Crippen molar-refractivity contribution in [2.75, 3.05) is 72.0 Å².